The molecule has 3 aromatic carbocycles. The highest BCUT2D eigenvalue weighted by molar-refractivity contribution is 7.92. The van der Waals surface area contributed by atoms with Gasteiger partial charge in [-0.15, -0.1) is 0 Å². The molecule has 0 aliphatic carbocycles. The molecule has 3 rings (SSSR count). The Bertz CT molecular complexity index is 1490. The number of ether oxygens (including phenoxy) is 1. The summed E-state index contributed by atoms with van der Waals surface area (Å²) >= 11 is 12.7. The molecule has 1 N–H and O–H groups in total. The number of hydrogen-bond donors (Lipinski definition) is 1. The van der Waals surface area contributed by atoms with Crippen LogP contribution in [0.4, 0.5) is 5.69 Å². The lowest BCUT2D eigenvalue weighted by molar-refractivity contribution is -0.141. The first kappa shape index (κ1) is 35.2. The van der Waals surface area contributed by atoms with E-state index in [4.69, 9.17) is 27.9 Å². The Hall–Kier alpha value is -3.27. The third-order valence-corrected chi connectivity index (χ3v) is 8.81. The Balaban J connectivity index is 1.91. The van der Waals surface area contributed by atoms with Crippen molar-refractivity contribution in [3.05, 3.63) is 94.0 Å². The van der Waals surface area contributed by atoms with Gasteiger partial charge in [-0.3, -0.25) is 13.9 Å². The summed E-state index contributed by atoms with van der Waals surface area (Å²) in [6.45, 7) is 4.86. The molecule has 0 radical (unpaired) electrons. The molecule has 44 heavy (non-hydrogen) atoms. The molecule has 238 valence electrons. The van der Waals surface area contributed by atoms with Crippen molar-refractivity contribution in [2.75, 3.05) is 30.3 Å². The second kappa shape index (κ2) is 17.3. The first-order valence-electron chi connectivity index (χ1n) is 14.8. The number of carbonyl (C=O) groups is 2. The highest BCUT2D eigenvalue weighted by atomic mass is 35.5. The van der Waals surface area contributed by atoms with E-state index in [1.165, 1.54) is 4.31 Å². The van der Waals surface area contributed by atoms with Crippen LogP contribution in [-0.4, -0.2) is 57.1 Å². The van der Waals surface area contributed by atoms with Crippen LogP contribution in [0.2, 0.25) is 10.0 Å². The lowest BCUT2D eigenvalue weighted by atomic mass is 10.0. The lowest BCUT2D eigenvalue weighted by Gasteiger charge is -2.32. The summed E-state index contributed by atoms with van der Waals surface area (Å²) in [7, 11) is -3.68. The van der Waals surface area contributed by atoms with Crippen molar-refractivity contribution < 1.29 is 22.7 Å². The Morgan fingerprint density at radius 1 is 0.955 bits per heavy atom. The fourth-order valence-electron chi connectivity index (χ4n) is 4.82. The third kappa shape index (κ3) is 10.4. The van der Waals surface area contributed by atoms with E-state index in [-0.39, 0.29) is 37.7 Å². The number of hydrogen-bond acceptors (Lipinski definition) is 5. The van der Waals surface area contributed by atoms with Gasteiger partial charge in [-0.05, 0) is 55.2 Å². The van der Waals surface area contributed by atoms with Crippen molar-refractivity contribution in [3.8, 4) is 5.75 Å². The molecule has 1 atom stereocenters. The van der Waals surface area contributed by atoms with Gasteiger partial charge in [0.25, 0.3) is 0 Å². The number of carbonyl (C=O) groups excluding carboxylic acids is 2. The van der Waals surface area contributed by atoms with Gasteiger partial charge in [0.1, 0.15) is 11.8 Å². The molecule has 0 aliphatic rings. The lowest BCUT2D eigenvalue weighted by Crippen LogP contribution is -2.50. The van der Waals surface area contributed by atoms with Crippen molar-refractivity contribution in [2.24, 2.45) is 0 Å². The highest BCUT2D eigenvalue weighted by Gasteiger charge is 2.31. The predicted octanol–water partition coefficient (Wildman–Crippen LogP) is 6.49. The molecule has 0 unspecified atom stereocenters. The number of para-hydroxylation sites is 2. The van der Waals surface area contributed by atoms with E-state index in [2.05, 4.69) is 5.32 Å². The van der Waals surface area contributed by atoms with E-state index < -0.39 is 16.1 Å². The number of nitrogens with one attached hydrogen (secondary N) is 1. The van der Waals surface area contributed by atoms with Crippen LogP contribution >= 0.6 is 23.2 Å². The fourth-order valence-corrected chi connectivity index (χ4v) is 6.25. The van der Waals surface area contributed by atoms with Crippen LogP contribution in [0.5, 0.6) is 5.75 Å². The number of nitrogens with zero attached hydrogens (tertiary/aromatic N) is 2. The van der Waals surface area contributed by atoms with E-state index in [1.807, 2.05) is 44.2 Å². The molecule has 0 saturated heterocycles. The Morgan fingerprint density at radius 3 is 2.32 bits per heavy atom. The molecule has 0 heterocycles. The quantitative estimate of drug-likeness (QED) is 0.167. The van der Waals surface area contributed by atoms with Crippen molar-refractivity contribution in [2.45, 2.75) is 58.5 Å². The number of unbranched alkanes of at least 4 members (excludes halogenated alkanes) is 1. The molecule has 0 saturated carbocycles. The monoisotopic (exact) mass is 661 g/mol. The Labute approximate surface area is 271 Å². The van der Waals surface area contributed by atoms with Gasteiger partial charge in [0.05, 0.1) is 18.6 Å². The van der Waals surface area contributed by atoms with Crippen molar-refractivity contribution in [1.29, 1.82) is 0 Å². The molecule has 8 nitrogen and oxygen atoms in total. The standard InChI is InChI=1S/C33H41Cl2N3O5S/c1-4-6-20-36-33(40)30(22-25-13-8-7-9-14-25)37(24-26-18-19-27(34)23-28(26)35)32(39)17-12-21-38(44(3,41)42)29-15-10-11-16-31(29)43-5-2/h7-11,13-16,18-19,23,30H,4-6,12,17,20-22,24H2,1-3H3,(H,36,40)/t30-/m1/s1. The number of halogens is 2. The van der Waals surface area contributed by atoms with E-state index in [0.717, 1.165) is 24.7 Å². The van der Waals surface area contributed by atoms with Crippen LogP contribution in [-0.2, 0) is 32.6 Å². The molecule has 0 spiro atoms. The average molecular weight is 663 g/mol. The second-order valence-electron chi connectivity index (χ2n) is 10.4. The van der Waals surface area contributed by atoms with Gasteiger partial charge < -0.3 is 15.0 Å². The summed E-state index contributed by atoms with van der Waals surface area (Å²) < 4.78 is 32.6. The summed E-state index contributed by atoms with van der Waals surface area (Å²) in [6.07, 6.45) is 3.37. The van der Waals surface area contributed by atoms with E-state index in [9.17, 15) is 18.0 Å². The smallest absolute Gasteiger partial charge is 0.243 e. The third-order valence-electron chi connectivity index (χ3n) is 7.04. The van der Waals surface area contributed by atoms with E-state index >= 15 is 0 Å². The van der Waals surface area contributed by atoms with Crippen LogP contribution in [0.1, 0.15) is 50.7 Å². The minimum atomic E-state index is -3.68. The van der Waals surface area contributed by atoms with Crippen LogP contribution in [0.15, 0.2) is 72.8 Å². The van der Waals surface area contributed by atoms with E-state index in [0.29, 0.717) is 46.6 Å². The number of benzene rings is 3. The maximum atomic E-state index is 14.0. The van der Waals surface area contributed by atoms with Gasteiger partial charge in [0.15, 0.2) is 0 Å². The summed E-state index contributed by atoms with van der Waals surface area (Å²) in [4.78, 5) is 29.2. The zero-order chi connectivity index (χ0) is 32.1. The first-order chi connectivity index (χ1) is 21.0. The average Bonchev–Trinajstić information content (AvgIpc) is 2.98. The van der Waals surface area contributed by atoms with Gasteiger partial charge in [-0.1, -0.05) is 85.1 Å². The van der Waals surface area contributed by atoms with Crippen LogP contribution in [0, 0.1) is 0 Å². The van der Waals surface area contributed by atoms with Crippen LogP contribution in [0.3, 0.4) is 0 Å². The van der Waals surface area contributed by atoms with Crippen LogP contribution < -0.4 is 14.4 Å². The molecule has 11 heteroatoms. The number of rotatable bonds is 17. The maximum absolute atomic E-state index is 14.0. The Kier molecular flexibility index (Phi) is 13.8. The summed E-state index contributed by atoms with van der Waals surface area (Å²) in [5, 5.41) is 3.84. The highest BCUT2D eigenvalue weighted by Crippen LogP contribution is 2.30. The van der Waals surface area contributed by atoms with Crippen molar-refractivity contribution >= 4 is 50.7 Å². The van der Waals surface area contributed by atoms with Crippen LogP contribution in [0.25, 0.3) is 0 Å². The number of anilines is 1. The molecular weight excluding hydrogens is 621 g/mol. The van der Waals surface area contributed by atoms with E-state index in [1.54, 1.807) is 47.4 Å². The summed E-state index contributed by atoms with van der Waals surface area (Å²) in [6, 6.07) is 20.7. The molecule has 2 amide bonds. The van der Waals surface area contributed by atoms with Gasteiger partial charge >= 0.3 is 0 Å². The molecule has 0 aliphatic heterocycles. The minimum absolute atomic E-state index is 0.00155. The Morgan fingerprint density at radius 2 is 1.66 bits per heavy atom. The first-order valence-corrected chi connectivity index (χ1v) is 17.4. The van der Waals surface area contributed by atoms with Crippen molar-refractivity contribution in [3.63, 3.8) is 0 Å². The normalized spacial score (nSPS) is 11.9. The SMILES string of the molecule is CCCCNC(=O)[C@@H](Cc1ccccc1)N(Cc1ccc(Cl)cc1Cl)C(=O)CCCN(c1ccccc1OCC)S(C)(=O)=O. The largest absolute Gasteiger partial charge is 0.492 e. The van der Waals surface area contributed by atoms with Gasteiger partial charge in [0.2, 0.25) is 21.8 Å². The zero-order valence-corrected chi connectivity index (χ0v) is 27.8. The van der Waals surface area contributed by atoms with Gasteiger partial charge in [0, 0.05) is 42.5 Å². The number of sulfonamides is 1. The summed E-state index contributed by atoms with van der Waals surface area (Å²) in [5.74, 6) is -0.115. The molecule has 3 aromatic rings. The second-order valence-corrected chi connectivity index (χ2v) is 13.2. The maximum Gasteiger partial charge on any atom is 0.243 e. The molecule has 0 bridgehead atoms. The minimum Gasteiger partial charge on any atom is -0.492 e. The topological polar surface area (TPSA) is 96.0 Å². The summed E-state index contributed by atoms with van der Waals surface area (Å²) in [5.41, 5.74) is 1.96. The molecule has 0 fully saturated rings. The predicted molar refractivity (Wildman–Crippen MR) is 178 cm³/mol. The van der Waals surface area contributed by atoms with Gasteiger partial charge in [-0.2, -0.15) is 0 Å². The molecule has 0 aromatic heterocycles. The van der Waals surface area contributed by atoms with Crippen molar-refractivity contribution in [1.82, 2.24) is 10.2 Å². The number of amides is 2. The van der Waals surface area contributed by atoms with Gasteiger partial charge in [-0.25, -0.2) is 8.42 Å². The molecular formula is C33H41Cl2N3O5S. The zero-order valence-electron chi connectivity index (χ0n) is 25.5. The fraction of sp³-hybridized carbons (Fsp3) is 0.394.